The lowest BCUT2D eigenvalue weighted by molar-refractivity contribution is 0.0697. The van der Waals surface area contributed by atoms with Crippen molar-refractivity contribution < 1.29 is 18.7 Å². The number of fused-ring (bicyclic) bond motifs is 5. The Hall–Kier alpha value is -4.39. The summed E-state index contributed by atoms with van der Waals surface area (Å²) in [7, 11) is 6.00. The largest absolute Gasteiger partial charge is 0.478 e. The van der Waals surface area contributed by atoms with E-state index in [1.54, 1.807) is 24.3 Å². The van der Waals surface area contributed by atoms with Crippen LogP contribution in [-0.4, -0.2) is 38.8 Å². The van der Waals surface area contributed by atoms with Crippen molar-refractivity contribution in [1.29, 1.82) is 0 Å². The molecule has 0 saturated heterocycles. The summed E-state index contributed by atoms with van der Waals surface area (Å²) >= 11 is 0. The highest BCUT2D eigenvalue weighted by Crippen LogP contribution is 2.43. The van der Waals surface area contributed by atoms with E-state index in [2.05, 4.69) is 17.9 Å². The molecule has 7 nitrogen and oxygen atoms in total. The third kappa shape index (κ3) is 5.20. The summed E-state index contributed by atoms with van der Waals surface area (Å²) in [4.78, 5) is 28.2. The Morgan fingerprint density at radius 2 is 1.71 bits per heavy atom. The van der Waals surface area contributed by atoms with Gasteiger partial charge in [-0.1, -0.05) is 52.8 Å². The molecule has 0 saturated carbocycles. The third-order valence-electron chi connectivity index (χ3n) is 7.61. The molecule has 0 spiro atoms. The van der Waals surface area contributed by atoms with Crippen LogP contribution in [0.15, 0.2) is 62.2 Å². The van der Waals surface area contributed by atoms with E-state index in [4.69, 9.17) is 8.83 Å². The van der Waals surface area contributed by atoms with Crippen LogP contribution in [0.4, 0.5) is 5.69 Å². The van der Waals surface area contributed by atoms with Gasteiger partial charge in [-0.25, -0.2) is 14.2 Å². The van der Waals surface area contributed by atoms with Crippen LogP contribution in [0.1, 0.15) is 62.5 Å². The minimum Gasteiger partial charge on any atom is -0.478 e. The average Bonchev–Trinajstić information content (AvgIpc) is 3.01. The second-order valence-corrected chi connectivity index (χ2v) is 10.1. The first-order valence-corrected chi connectivity index (χ1v) is 14.9. The van der Waals surface area contributed by atoms with Gasteiger partial charge < -0.3 is 18.8 Å². The van der Waals surface area contributed by atoms with Crippen LogP contribution in [0.3, 0.4) is 0 Å². The number of carbonyl (C=O) groups is 1. The molecule has 0 fully saturated rings. The summed E-state index contributed by atoms with van der Waals surface area (Å²) in [6.07, 6.45) is 2.71. The van der Waals surface area contributed by atoms with Gasteiger partial charge in [0.2, 0.25) is 5.36 Å². The molecule has 42 heavy (non-hydrogen) atoms. The number of benzene rings is 3. The molecule has 0 amide bonds. The van der Waals surface area contributed by atoms with Gasteiger partial charge in [-0.05, 0) is 48.6 Å². The quantitative estimate of drug-likeness (QED) is 0.109. The normalized spacial score (nSPS) is 12.3. The maximum Gasteiger partial charge on any atom is 0.348 e. The fourth-order valence-corrected chi connectivity index (χ4v) is 5.76. The van der Waals surface area contributed by atoms with E-state index in [1.165, 1.54) is 5.56 Å². The van der Waals surface area contributed by atoms with Crippen LogP contribution < -0.4 is 20.5 Å². The smallest absolute Gasteiger partial charge is 0.348 e. The number of carboxylic acid groups (broad SMARTS) is 1. The van der Waals surface area contributed by atoms with Gasteiger partial charge in [-0.2, -0.15) is 0 Å². The molecule has 220 valence electrons. The molecule has 1 aliphatic carbocycles. The number of hydrogen-bond acceptors (Lipinski definition) is 5. The third-order valence-corrected chi connectivity index (χ3v) is 7.61. The summed E-state index contributed by atoms with van der Waals surface area (Å²) < 4.78 is 14.5. The summed E-state index contributed by atoms with van der Waals surface area (Å²) in [5.74, 6) is -0.485. The number of rotatable bonds is 3. The van der Waals surface area contributed by atoms with Gasteiger partial charge in [-0.3, -0.25) is 0 Å². The fraction of sp³-hybridized carbons (Fsp3) is 0.343. The van der Waals surface area contributed by atoms with E-state index in [0.717, 1.165) is 42.4 Å². The SMILES string of the molecule is CC.CC.CCc1cc2c(-c3ccccc3C(=O)O)c3c(=O)oc4cc5c(cc4c3oc-2cc1=[N+](C)C)CCCN5C. The minimum atomic E-state index is -1.06. The van der Waals surface area contributed by atoms with Crippen LogP contribution in [0, 0.1) is 0 Å². The maximum absolute atomic E-state index is 13.7. The number of carboxylic acids is 1. The first-order valence-electron chi connectivity index (χ1n) is 14.9. The topological polar surface area (TPSA) is 86.9 Å². The number of aryl methyl sites for hydroxylation is 2. The van der Waals surface area contributed by atoms with Crippen LogP contribution in [0.5, 0.6) is 0 Å². The highest BCUT2D eigenvalue weighted by atomic mass is 16.4. The van der Waals surface area contributed by atoms with E-state index >= 15 is 0 Å². The van der Waals surface area contributed by atoms with E-state index < -0.39 is 11.6 Å². The van der Waals surface area contributed by atoms with Crippen LogP contribution in [-0.2, 0) is 12.8 Å². The van der Waals surface area contributed by atoms with Crippen LogP contribution in [0.25, 0.3) is 44.4 Å². The molecule has 2 aliphatic heterocycles. The first kappa shape index (κ1) is 30.6. The summed E-state index contributed by atoms with van der Waals surface area (Å²) in [6.45, 7) is 11.0. The minimum absolute atomic E-state index is 0.114. The molecule has 0 bridgehead atoms. The molecule has 0 radical (unpaired) electrons. The molecular weight excluding hydrogens is 528 g/mol. The van der Waals surface area contributed by atoms with Crippen LogP contribution in [0.2, 0.25) is 0 Å². The monoisotopic (exact) mass is 569 g/mol. The second kappa shape index (κ2) is 12.6. The molecule has 3 aromatic rings. The van der Waals surface area contributed by atoms with Crippen molar-refractivity contribution in [3.8, 4) is 22.5 Å². The van der Waals surface area contributed by atoms with E-state index in [9.17, 15) is 14.7 Å². The lowest BCUT2D eigenvalue weighted by Crippen LogP contribution is -2.26. The van der Waals surface area contributed by atoms with E-state index in [0.29, 0.717) is 39.0 Å². The summed E-state index contributed by atoms with van der Waals surface area (Å²) in [5.41, 5.74) is 5.35. The summed E-state index contributed by atoms with van der Waals surface area (Å²) in [6, 6.07) is 14.7. The molecule has 0 unspecified atom stereocenters. The molecule has 3 heterocycles. The molecule has 2 aromatic carbocycles. The molecular formula is C35H41N2O5+. The fourth-order valence-electron chi connectivity index (χ4n) is 5.76. The Morgan fingerprint density at radius 1 is 1.00 bits per heavy atom. The Labute approximate surface area is 246 Å². The molecule has 1 aromatic heterocycles. The van der Waals surface area contributed by atoms with Gasteiger partial charge >= 0.3 is 11.6 Å². The predicted molar refractivity (Wildman–Crippen MR) is 172 cm³/mol. The zero-order valence-electron chi connectivity index (χ0n) is 25.9. The average molecular weight is 570 g/mol. The Morgan fingerprint density at radius 3 is 2.38 bits per heavy atom. The van der Waals surface area contributed by atoms with Crippen molar-refractivity contribution in [1.82, 2.24) is 4.58 Å². The molecule has 7 heteroatoms. The lowest BCUT2D eigenvalue weighted by atomic mass is 9.89. The van der Waals surface area contributed by atoms with Gasteiger partial charge in [-0.15, -0.1) is 0 Å². The van der Waals surface area contributed by atoms with Gasteiger partial charge in [0, 0.05) is 42.0 Å². The molecule has 0 atom stereocenters. The van der Waals surface area contributed by atoms with Crippen molar-refractivity contribution in [2.45, 2.75) is 53.9 Å². The number of aromatic carboxylic acids is 1. The van der Waals surface area contributed by atoms with E-state index in [1.807, 2.05) is 71.6 Å². The highest BCUT2D eigenvalue weighted by molar-refractivity contribution is 6.13. The summed E-state index contributed by atoms with van der Waals surface area (Å²) in [5, 5.41) is 12.0. The van der Waals surface area contributed by atoms with Gasteiger partial charge in [0.05, 0.1) is 17.0 Å². The number of nitrogens with zero attached hydrogens (tertiary/aromatic N) is 2. The number of hydrogen-bond donors (Lipinski definition) is 1. The molecule has 1 N–H and O–H groups in total. The Kier molecular flexibility index (Phi) is 9.20. The van der Waals surface area contributed by atoms with Crippen LogP contribution >= 0.6 is 0 Å². The highest BCUT2D eigenvalue weighted by Gasteiger charge is 2.27. The number of anilines is 1. The van der Waals surface area contributed by atoms with Gasteiger partial charge in [0.15, 0.2) is 5.58 Å². The maximum atomic E-state index is 13.7. The Balaban J connectivity index is 0.000000972. The van der Waals surface area contributed by atoms with E-state index in [-0.39, 0.29) is 10.9 Å². The standard InChI is InChI=1S/C31H28N2O5.2C2H6/c1-5-17-13-21-25(15-23(17)32(2)3)37-29-22-14-18-9-8-12-33(4)24(18)16-26(22)38-31(36)28(29)27(21)19-10-6-7-11-20(19)30(34)35;2*1-2/h6-7,10-11,13-16H,5,8-9,12H2,1-4H3;2*1-2H3/p+1. The second-order valence-electron chi connectivity index (χ2n) is 10.1. The van der Waals surface area contributed by atoms with Crippen molar-refractivity contribution in [3.05, 3.63) is 81.0 Å². The van der Waals surface area contributed by atoms with Crippen molar-refractivity contribution in [2.75, 3.05) is 32.6 Å². The zero-order valence-corrected chi connectivity index (χ0v) is 25.9. The van der Waals surface area contributed by atoms with Crippen molar-refractivity contribution in [2.24, 2.45) is 0 Å². The van der Waals surface area contributed by atoms with Gasteiger partial charge in [0.25, 0.3) is 0 Å². The lowest BCUT2D eigenvalue weighted by Gasteiger charge is -2.27. The molecule has 6 rings (SSSR count). The van der Waals surface area contributed by atoms with Crippen molar-refractivity contribution in [3.63, 3.8) is 0 Å². The Bertz CT molecular complexity index is 1880. The molecule has 3 aliphatic rings. The first-order chi connectivity index (χ1) is 20.3. The predicted octanol–water partition coefficient (Wildman–Crippen LogP) is 7.04. The van der Waals surface area contributed by atoms with Gasteiger partial charge in [0.1, 0.15) is 30.8 Å². The van der Waals surface area contributed by atoms with Crippen molar-refractivity contribution >= 4 is 33.6 Å². The zero-order chi connectivity index (χ0) is 30.7.